The number of methoxy groups -OCH3 is 1. The van der Waals surface area contributed by atoms with Crippen LogP contribution in [0.4, 0.5) is 0 Å². The van der Waals surface area contributed by atoms with Gasteiger partial charge < -0.3 is 19.1 Å². The number of aryl methyl sites for hydroxylation is 1. The van der Waals surface area contributed by atoms with Crippen molar-refractivity contribution in [2.75, 3.05) is 33.3 Å². The second kappa shape index (κ2) is 7.43. The summed E-state index contributed by atoms with van der Waals surface area (Å²) in [5.41, 5.74) is 0.399. The quantitative estimate of drug-likeness (QED) is 0.823. The summed E-state index contributed by atoms with van der Waals surface area (Å²) in [5, 5.41) is 0. The van der Waals surface area contributed by atoms with E-state index in [1.54, 1.807) is 66.6 Å². The third-order valence-corrected chi connectivity index (χ3v) is 4.52. The molecule has 1 fully saturated rings. The van der Waals surface area contributed by atoms with Gasteiger partial charge in [-0.25, -0.2) is 0 Å². The molecule has 2 amide bonds. The molecule has 2 heterocycles. The standard InChI is InChI=1S/C19H21N3O4/c1-20-8-4-7-16(18(20)24)19(25)22-11-9-21(10-12-22)17(23)14-5-3-6-15(13-14)26-2/h3-8,13H,9-12H2,1-2H3. The van der Waals surface area contributed by atoms with Gasteiger partial charge in [0.05, 0.1) is 7.11 Å². The summed E-state index contributed by atoms with van der Waals surface area (Å²) in [4.78, 5) is 40.7. The van der Waals surface area contributed by atoms with Crippen molar-refractivity contribution < 1.29 is 14.3 Å². The predicted octanol–water partition coefficient (Wildman–Crippen LogP) is 0.992. The Morgan fingerprint density at radius 3 is 2.27 bits per heavy atom. The molecule has 1 aromatic heterocycles. The Bertz CT molecular complexity index is 882. The summed E-state index contributed by atoms with van der Waals surface area (Å²) in [5.74, 6) is 0.246. The third-order valence-electron chi connectivity index (χ3n) is 4.52. The van der Waals surface area contributed by atoms with Crippen molar-refractivity contribution in [3.05, 3.63) is 64.1 Å². The van der Waals surface area contributed by atoms with Gasteiger partial charge in [-0.2, -0.15) is 0 Å². The van der Waals surface area contributed by atoms with Gasteiger partial charge >= 0.3 is 0 Å². The van der Waals surface area contributed by atoms with Crippen LogP contribution < -0.4 is 10.3 Å². The number of rotatable bonds is 3. The zero-order valence-corrected chi connectivity index (χ0v) is 14.8. The van der Waals surface area contributed by atoms with Crippen molar-refractivity contribution in [1.29, 1.82) is 0 Å². The first kappa shape index (κ1) is 17.7. The molecule has 1 saturated heterocycles. The molecular weight excluding hydrogens is 334 g/mol. The van der Waals surface area contributed by atoms with Crippen LogP contribution in [0.25, 0.3) is 0 Å². The van der Waals surface area contributed by atoms with E-state index in [0.29, 0.717) is 37.5 Å². The molecule has 0 unspecified atom stereocenters. The van der Waals surface area contributed by atoms with Crippen LogP contribution >= 0.6 is 0 Å². The Morgan fingerprint density at radius 1 is 0.962 bits per heavy atom. The fourth-order valence-electron chi connectivity index (χ4n) is 2.98. The second-order valence-electron chi connectivity index (χ2n) is 6.15. The van der Waals surface area contributed by atoms with Gasteiger partial charge in [-0.1, -0.05) is 6.07 Å². The molecule has 0 N–H and O–H groups in total. The molecule has 1 aromatic carbocycles. The normalized spacial score (nSPS) is 14.2. The van der Waals surface area contributed by atoms with Gasteiger partial charge in [0, 0.05) is 45.0 Å². The average molecular weight is 355 g/mol. The molecule has 26 heavy (non-hydrogen) atoms. The molecule has 2 aromatic rings. The summed E-state index contributed by atoms with van der Waals surface area (Å²) in [6.07, 6.45) is 1.61. The molecule has 0 saturated carbocycles. The minimum Gasteiger partial charge on any atom is -0.497 e. The van der Waals surface area contributed by atoms with E-state index in [4.69, 9.17) is 4.74 Å². The summed E-state index contributed by atoms with van der Waals surface area (Å²) in [6, 6.07) is 10.2. The number of piperazine rings is 1. The number of aromatic nitrogens is 1. The second-order valence-corrected chi connectivity index (χ2v) is 6.15. The highest BCUT2D eigenvalue weighted by atomic mass is 16.5. The molecule has 3 rings (SSSR count). The first-order valence-electron chi connectivity index (χ1n) is 8.39. The van der Waals surface area contributed by atoms with Crippen molar-refractivity contribution in [1.82, 2.24) is 14.4 Å². The third kappa shape index (κ3) is 3.46. The molecule has 0 aliphatic carbocycles. The van der Waals surface area contributed by atoms with Gasteiger partial charge in [0.25, 0.3) is 17.4 Å². The molecular formula is C19H21N3O4. The number of amides is 2. The van der Waals surface area contributed by atoms with E-state index < -0.39 is 0 Å². The molecule has 7 nitrogen and oxygen atoms in total. The Kier molecular flexibility index (Phi) is 5.06. The van der Waals surface area contributed by atoms with E-state index in [1.807, 2.05) is 0 Å². The minimum atomic E-state index is -0.313. The van der Waals surface area contributed by atoms with Gasteiger partial charge in [0.1, 0.15) is 11.3 Å². The Morgan fingerprint density at radius 2 is 1.62 bits per heavy atom. The molecule has 136 valence electrons. The lowest BCUT2D eigenvalue weighted by atomic mass is 10.1. The van der Waals surface area contributed by atoms with Crippen molar-refractivity contribution >= 4 is 11.8 Å². The SMILES string of the molecule is COc1cccc(C(=O)N2CCN(C(=O)c3cccn(C)c3=O)CC2)c1. The van der Waals surface area contributed by atoms with Gasteiger partial charge in [-0.3, -0.25) is 14.4 Å². The van der Waals surface area contributed by atoms with E-state index in [9.17, 15) is 14.4 Å². The molecule has 0 radical (unpaired) electrons. The van der Waals surface area contributed by atoms with Crippen LogP contribution in [-0.2, 0) is 7.05 Å². The van der Waals surface area contributed by atoms with Gasteiger partial charge in [0.15, 0.2) is 0 Å². The molecule has 0 atom stereocenters. The smallest absolute Gasteiger partial charge is 0.263 e. The van der Waals surface area contributed by atoms with Crippen LogP contribution in [0.1, 0.15) is 20.7 Å². The van der Waals surface area contributed by atoms with Crippen LogP contribution in [0, 0.1) is 0 Å². The number of carbonyl (C=O) groups is 2. The Hall–Kier alpha value is -3.09. The number of hydrogen-bond acceptors (Lipinski definition) is 4. The van der Waals surface area contributed by atoms with Gasteiger partial charge in [-0.15, -0.1) is 0 Å². The lowest BCUT2D eigenvalue weighted by molar-refractivity contribution is 0.0534. The van der Waals surface area contributed by atoms with E-state index >= 15 is 0 Å². The van der Waals surface area contributed by atoms with E-state index in [2.05, 4.69) is 0 Å². The van der Waals surface area contributed by atoms with Crippen LogP contribution in [0.2, 0.25) is 0 Å². The number of benzene rings is 1. The predicted molar refractivity (Wildman–Crippen MR) is 96.5 cm³/mol. The number of hydrogen-bond donors (Lipinski definition) is 0. The lowest BCUT2D eigenvalue weighted by Gasteiger charge is -2.34. The van der Waals surface area contributed by atoms with Gasteiger partial charge in [-0.05, 0) is 30.3 Å². The fourth-order valence-corrected chi connectivity index (χ4v) is 2.98. The largest absolute Gasteiger partial charge is 0.497 e. The number of ether oxygens (including phenoxy) is 1. The summed E-state index contributed by atoms with van der Waals surface area (Å²) >= 11 is 0. The molecule has 7 heteroatoms. The van der Waals surface area contributed by atoms with E-state index in [-0.39, 0.29) is 22.9 Å². The lowest BCUT2D eigenvalue weighted by Crippen LogP contribution is -2.51. The first-order valence-corrected chi connectivity index (χ1v) is 8.39. The van der Waals surface area contributed by atoms with Gasteiger partial charge in [0.2, 0.25) is 0 Å². The van der Waals surface area contributed by atoms with E-state index in [1.165, 1.54) is 4.57 Å². The highest BCUT2D eigenvalue weighted by Gasteiger charge is 2.26. The fraction of sp³-hybridized carbons (Fsp3) is 0.316. The maximum Gasteiger partial charge on any atom is 0.263 e. The molecule has 1 aliphatic rings. The average Bonchev–Trinajstić information content (AvgIpc) is 2.69. The Labute approximate surface area is 151 Å². The molecule has 0 spiro atoms. The molecule has 0 bridgehead atoms. The van der Waals surface area contributed by atoms with Crippen LogP contribution in [-0.4, -0.2) is 59.5 Å². The summed E-state index contributed by atoms with van der Waals surface area (Å²) in [6.45, 7) is 1.64. The van der Waals surface area contributed by atoms with E-state index in [0.717, 1.165) is 0 Å². The maximum absolute atomic E-state index is 12.6. The monoisotopic (exact) mass is 355 g/mol. The number of pyridine rings is 1. The highest BCUT2D eigenvalue weighted by Crippen LogP contribution is 2.16. The zero-order valence-electron chi connectivity index (χ0n) is 14.8. The first-order chi connectivity index (χ1) is 12.5. The van der Waals surface area contributed by atoms with Crippen LogP contribution in [0.5, 0.6) is 5.75 Å². The zero-order chi connectivity index (χ0) is 18.7. The number of nitrogens with zero attached hydrogens (tertiary/aromatic N) is 3. The van der Waals surface area contributed by atoms with Crippen molar-refractivity contribution in [2.45, 2.75) is 0 Å². The van der Waals surface area contributed by atoms with Crippen molar-refractivity contribution in [3.63, 3.8) is 0 Å². The van der Waals surface area contributed by atoms with Crippen LogP contribution in [0.15, 0.2) is 47.4 Å². The summed E-state index contributed by atoms with van der Waals surface area (Å²) < 4.78 is 6.54. The van der Waals surface area contributed by atoms with Crippen molar-refractivity contribution in [2.24, 2.45) is 7.05 Å². The minimum absolute atomic E-state index is 0.0911. The summed E-state index contributed by atoms with van der Waals surface area (Å²) in [7, 11) is 3.17. The highest BCUT2D eigenvalue weighted by molar-refractivity contribution is 5.96. The van der Waals surface area contributed by atoms with Crippen molar-refractivity contribution in [3.8, 4) is 5.75 Å². The molecule has 1 aliphatic heterocycles. The number of carbonyl (C=O) groups excluding carboxylic acids is 2. The topological polar surface area (TPSA) is 71.8 Å². The van der Waals surface area contributed by atoms with Crippen LogP contribution in [0.3, 0.4) is 0 Å². The maximum atomic E-state index is 12.6. The Balaban J connectivity index is 1.67.